The third-order valence-corrected chi connectivity index (χ3v) is 15.7. The van der Waals surface area contributed by atoms with Crippen LogP contribution in [0.5, 0.6) is 0 Å². The molecule has 0 saturated carbocycles. The molecule has 424 valence electrons. The van der Waals surface area contributed by atoms with Gasteiger partial charge >= 0.3 is 7.82 Å². The van der Waals surface area contributed by atoms with E-state index in [1.54, 1.807) is 0 Å². The topological polar surface area (TPSA) is 105 Å². The van der Waals surface area contributed by atoms with Gasteiger partial charge in [0.15, 0.2) is 0 Å². The summed E-state index contributed by atoms with van der Waals surface area (Å²) >= 11 is 0. The van der Waals surface area contributed by atoms with E-state index in [-0.39, 0.29) is 19.1 Å². The number of allylic oxidation sites excluding steroid dienone is 2. The van der Waals surface area contributed by atoms with Gasteiger partial charge < -0.3 is 19.8 Å². The quantitative estimate of drug-likeness (QED) is 0.0243. The molecule has 0 spiro atoms. The maximum atomic E-state index is 13.0. The monoisotopic (exact) mass is 1030 g/mol. The zero-order valence-electron chi connectivity index (χ0n) is 48.5. The molecule has 0 aliphatic carbocycles. The summed E-state index contributed by atoms with van der Waals surface area (Å²) in [4.78, 5) is 23.2. The van der Waals surface area contributed by atoms with Gasteiger partial charge in [-0.15, -0.1) is 0 Å². The van der Waals surface area contributed by atoms with Crippen LogP contribution < -0.4 is 5.32 Å². The lowest BCUT2D eigenvalue weighted by Gasteiger charge is -2.26. The highest BCUT2D eigenvalue weighted by molar-refractivity contribution is 7.47. The Bertz CT molecular complexity index is 1160. The first-order valence-electron chi connectivity index (χ1n) is 31.6. The summed E-state index contributed by atoms with van der Waals surface area (Å²) in [5.41, 5.74) is 0. The van der Waals surface area contributed by atoms with Crippen LogP contribution in [0.3, 0.4) is 0 Å². The number of unbranched alkanes of at least 4 members (excludes halogenated alkanes) is 44. The molecule has 9 heteroatoms. The Morgan fingerprint density at radius 1 is 0.465 bits per heavy atom. The number of hydrogen-bond donors (Lipinski definition) is 3. The Kier molecular flexibility index (Phi) is 53.5. The summed E-state index contributed by atoms with van der Waals surface area (Å²) in [6.45, 7) is 4.91. The van der Waals surface area contributed by atoms with Crippen molar-refractivity contribution in [1.29, 1.82) is 0 Å². The standard InChI is InChI=1S/C62H125N2O6P/c1-6-8-10-12-14-16-18-19-20-21-22-23-24-25-26-27-28-29-30-31-32-33-34-35-36-37-38-39-40-41-42-43-44-45-46-48-50-52-54-56-62(66)63-60(59-70-71(67,68)69-58-57-64(3,4)5)61(65)55-53-51-49-47-17-15-13-11-9-7-2/h21-22,60-61,65H,6-20,23-59H2,1-5H3,(H-,63,66,67,68)/p+1/b22-21-. The Hall–Kier alpha value is -0.760. The Balaban J connectivity index is 3.76. The zero-order valence-corrected chi connectivity index (χ0v) is 49.4. The molecule has 8 nitrogen and oxygen atoms in total. The van der Waals surface area contributed by atoms with Crippen molar-refractivity contribution in [1.82, 2.24) is 5.32 Å². The first-order valence-corrected chi connectivity index (χ1v) is 33.0. The lowest BCUT2D eigenvalue weighted by molar-refractivity contribution is -0.870. The van der Waals surface area contributed by atoms with E-state index in [0.29, 0.717) is 23.9 Å². The summed E-state index contributed by atoms with van der Waals surface area (Å²) in [6, 6.07) is -0.754. The predicted octanol–water partition coefficient (Wildman–Crippen LogP) is 19.4. The van der Waals surface area contributed by atoms with Crippen LogP contribution in [0, 0.1) is 0 Å². The fraction of sp³-hybridized carbons (Fsp3) is 0.952. The average molecular weight is 1030 g/mol. The van der Waals surface area contributed by atoms with Gasteiger partial charge in [0.2, 0.25) is 5.91 Å². The van der Waals surface area contributed by atoms with Crippen molar-refractivity contribution in [2.24, 2.45) is 0 Å². The van der Waals surface area contributed by atoms with E-state index in [1.165, 1.54) is 263 Å². The average Bonchev–Trinajstić information content (AvgIpc) is 3.33. The van der Waals surface area contributed by atoms with E-state index < -0.39 is 20.0 Å². The molecule has 0 fully saturated rings. The van der Waals surface area contributed by atoms with Crippen LogP contribution in [-0.4, -0.2) is 73.4 Å². The number of carbonyl (C=O) groups is 1. The highest BCUT2D eigenvalue weighted by Crippen LogP contribution is 2.43. The molecule has 0 rings (SSSR count). The van der Waals surface area contributed by atoms with Gasteiger partial charge in [0.1, 0.15) is 13.2 Å². The number of amides is 1. The number of aliphatic hydroxyl groups excluding tert-OH is 1. The molecule has 0 bridgehead atoms. The van der Waals surface area contributed by atoms with Crippen LogP contribution in [0.1, 0.15) is 328 Å². The number of likely N-dealkylation sites (N-methyl/N-ethyl adjacent to an activating group) is 1. The molecule has 1 amide bonds. The highest BCUT2D eigenvalue weighted by Gasteiger charge is 2.28. The molecule has 0 aromatic heterocycles. The van der Waals surface area contributed by atoms with Gasteiger partial charge in [-0.1, -0.05) is 296 Å². The maximum absolute atomic E-state index is 13.0. The third kappa shape index (κ3) is 56.8. The van der Waals surface area contributed by atoms with Crippen molar-refractivity contribution >= 4 is 13.7 Å². The minimum absolute atomic E-state index is 0.0779. The Morgan fingerprint density at radius 2 is 0.761 bits per heavy atom. The Morgan fingerprint density at radius 3 is 1.08 bits per heavy atom. The van der Waals surface area contributed by atoms with Crippen LogP contribution in [0.2, 0.25) is 0 Å². The molecule has 3 atom stereocenters. The van der Waals surface area contributed by atoms with E-state index in [1.807, 2.05) is 21.1 Å². The summed E-state index contributed by atoms with van der Waals surface area (Å²) in [7, 11) is 1.63. The summed E-state index contributed by atoms with van der Waals surface area (Å²) in [6.07, 6.45) is 67.6. The Labute approximate surface area is 443 Å². The van der Waals surface area contributed by atoms with Crippen LogP contribution in [-0.2, 0) is 18.4 Å². The smallest absolute Gasteiger partial charge is 0.391 e. The van der Waals surface area contributed by atoms with Crippen molar-refractivity contribution in [2.75, 3.05) is 40.9 Å². The van der Waals surface area contributed by atoms with Gasteiger partial charge in [0.05, 0.1) is 39.9 Å². The lowest BCUT2D eigenvalue weighted by Crippen LogP contribution is -2.46. The minimum Gasteiger partial charge on any atom is -0.391 e. The zero-order chi connectivity index (χ0) is 52.0. The van der Waals surface area contributed by atoms with E-state index in [0.717, 1.165) is 38.5 Å². The number of quaternary nitrogens is 1. The second-order valence-electron chi connectivity index (χ2n) is 23.1. The third-order valence-electron chi connectivity index (χ3n) is 14.8. The van der Waals surface area contributed by atoms with Gasteiger partial charge in [-0.05, 0) is 38.5 Å². The second kappa shape index (κ2) is 54.0. The molecular weight excluding hydrogens is 900 g/mol. The van der Waals surface area contributed by atoms with Crippen LogP contribution in [0.15, 0.2) is 12.2 Å². The van der Waals surface area contributed by atoms with Crippen LogP contribution >= 0.6 is 7.82 Å². The number of nitrogens with one attached hydrogen (secondary N) is 1. The molecule has 0 aromatic carbocycles. The summed E-state index contributed by atoms with van der Waals surface area (Å²) in [5.74, 6) is -0.139. The predicted molar refractivity (Wildman–Crippen MR) is 309 cm³/mol. The number of phosphoric ester groups is 1. The second-order valence-corrected chi connectivity index (χ2v) is 24.6. The largest absolute Gasteiger partial charge is 0.472 e. The first kappa shape index (κ1) is 70.2. The van der Waals surface area contributed by atoms with E-state index in [4.69, 9.17) is 9.05 Å². The normalized spacial score (nSPS) is 13.8. The number of hydrogen-bond acceptors (Lipinski definition) is 5. The fourth-order valence-corrected chi connectivity index (χ4v) is 10.5. The molecule has 0 aliphatic rings. The maximum Gasteiger partial charge on any atom is 0.472 e. The van der Waals surface area contributed by atoms with Gasteiger partial charge in [-0.3, -0.25) is 13.8 Å². The number of phosphoric acid groups is 1. The van der Waals surface area contributed by atoms with Crippen LogP contribution in [0.25, 0.3) is 0 Å². The fourth-order valence-electron chi connectivity index (χ4n) is 9.81. The van der Waals surface area contributed by atoms with Crippen LogP contribution in [0.4, 0.5) is 0 Å². The highest BCUT2D eigenvalue weighted by atomic mass is 31.2. The number of carbonyl (C=O) groups excluding carboxylic acids is 1. The molecule has 0 aromatic rings. The lowest BCUT2D eigenvalue weighted by atomic mass is 10.0. The van der Waals surface area contributed by atoms with Crippen molar-refractivity contribution in [2.45, 2.75) is 341 Å². The van der Waals surface area contributed by atoms with E-state index in [2.05, 4.69) is 31.3 Å². The first-order chi connectivity index (χ1) is 34.5. The molecule has 0 aliphatic heterocycles. The summed E-state index contributed by atoms with van der Waals surface area (Å²) < 4.78 is 23.7. The molecular formula is C62H126N2O6P+. The molecule has 3 N–H and O–H groups in total. The van der Waals surface area contributed by atoms with E-state index >= 15 is 0 Å². The van der Waals surface area contributed by atoms with Gasteiger partial charge in [0.25, 0.3) is 0 Å². The summed E-state index contributed by atoms with van der Waals surface area (Å²) in [5, 5.41) is 14.0. The van der Waals surface area contributed by atoms with Crippen molar-refractivity contribution in [3.05, 3.63) is 12.2 Å². The SMILES string of the molecule is CCCCCCCCCC/C=C\CCCCCCCCCCCCCCCCCCCCCCCCCCCCCC(=O)NC(COP(=O)(O)OCC[N+](C)(C)C)C(O)CCCCCCCCCCCC. The molecule has 0 radical (unpaired) electrons. The van der Waals surface area contributed by atoms with Gasteiger partial charge in [-0.25, -0.2) is 4.57 Å². The molecule has 0 heterocycles. The van der Waals surface area contributed by atoms with Crippen molar-refractivity contribution in [3.63, 3.8) is 0 Å². The number of rotatable bonds is 59. The molecule has 0 saturated heterocycles. The number of aliphatic hydroxyl groups is 1. The van der Waals surface area contributed by atoms with Gasteiger partial charge in [-0.2, -0.15) is 0 Å². The number of nitrogens with zero attached hydrogens (tertiary/aromatic N) is 1. The van der Waals surface area contributed by atoms with Gasteiger partial charge in [0, 0.05) is 6.42 Å². The van der Waals surface area contributed by atoms with E-state index in [9.17, 15) is 19.4 Å². The molecule has 3 unspecified atom stereocenters. The van der Waals surface area contributed by atoms with Crippen molar-refractivity contribution < 1.29 is 32.9 Å². The van der Waals surface area contributed by atoms with Crippen molar-refractivity contribution in [3.8, 4) is 0 Å². The minimum atomic E-state index is -4.31. The molecule has 71 heavy (non-hydrogen) atoms.